The monoisotopic (exact) mass is 302 g/mol. The maximum Gasteiger partial charge on any atom is 0.492 e. The lowest BCUT2D eigenvalue weighted by Crippen LogP contribution is -2.31. The summed E-state index contributed by atoms with van der Waals surface area (Å²) in [5.74, 6) is 2.26. The first-order valence-electron chi connectivity index (χ1n) is 6.77. The minimum Gasteiger partial charge on any atom is -0.497 e. The number of aryl methyl sites for hydroxylation is 1. The molecule has 0 fully saturated rings. The summed E-state index contributed by atoms with van der Waals surface area (Å²) in [5.41, 5.74) is 4.09. The second-order valence-electron chi connectivity index (χ2n) is 4.87. The molecular formula is C16H19BO3S. The molecule has 0 atom stereocenters. The molecule has 0 bridgehead atoms. The molecule has 5 heteroatoms. The number of hydrogen-bond donors (Lipinski definition) is 2. The predicted molar refractivity (Wildman–Crippen MR) is 89.0 cm³/mol. The van der Waals surface area contributed by atoms with Crippen molar-refractivity contribution in [1.82, 2.24) is 0 Å². The number of hydrogen-bond acceptors (Lipinski definition) is 4. The van der Waals surface area contributed by atoms with E-state index < -0.39 is 7.12 Å². The number of thioether (sulfide) groups is 1. The molecule has 0 spiro atoms. The third-order valence-electron chi connectivity index (χ3n) is 3.36. The van der Waals surface area contributed by atoms with Gasteiger partial charge >= 0.3 is 7.12 Å². The van der Waals surface area contributed by atoms with Gasteiger partial charge in [-0.05, 0) is 29.7 Å². The Morgan fingerprint density at radius 2 is 1.86 bits per heavy atom. The second kappa shape index (κ2) is 7.55. The highest BCUT2D eigenvalue weighted by molar-refractivity contribution is 7.97. The van der Waals surface area contributed by atoms with Crippen molar-refractivity contribution in [3.63, 3.8) is 0 Å². The summed E-state index contributed by atoms with van der Waals surface area (Å²) < 4.78 is 5.12. The van der Waals surface area contributed by atoms with Crippen LogP contribution in [-0.4, -0.2) is 24.3 Å². The van der Waals surface area contributed by atoms with E-state index >= 15 is 0 Å². The van der Waals surface area contributed by atoms with Crippen LogP contribution < -0.4 is 10.2 Å². The lowest BCUT2D eigenvalue weighted by molar-refractivity contribution is 0.403. The Kier molecular flexibility index (Phi) is 5.73. The number of ether oxygens (including phenoxy) is 1. The van der Waals surface area contributed by atoms with Crippen LogP contribution in [0.1, 0.15) is 16.7 Å². The predicted octanol–water partition coefficient (Wildman–Crippen LogP) is 2.12. The standard InChI is InChI=1S/C16H19BO3S/c1-12-5-3-4-6-14(12)11-21-10-13-7-8-16(20-2)15(9-13)17(18)19/h3-9,18-19H,10-11H2,1-2H3. The molecule has 21 heavy (non-hydrogen) atoms. The summed E-state index contributed by atoms with van der Waals surface area (Å²) in [7, 11) is 0.00893. The normalized spacial score (nSPS) is 10.5. The van der Waals surface area contributed by atoms with Gasteiger partial charge in [-0.15, -0.1) is 0 Å². The Morgan fingerprint density at radius 3 is 2.52 bits per heavy atom. The van der Waals surface area contributed by atoms with Gasteiger partial charge in [-0.1, -0.05) is 36.4 Å². The van der Waals surface area contributed by atoms with Crippen LogP contribution in [0.15, 0.2) is 42.5 Å². The van der Waals surface area contributed by atoms with Gasteiger partial charge in [-0.2, -0.15) is 11.8 Å². The van der Waals surface area contributed by atoms with Crippen LogP contribution in [0.2, 0.25) is 0 Å². The molecule has 0 aliphatic heterocycles. The van der Waals surface area contributed by atoms with Crippen LogP contribution in [0.5, 0.6) is 5.75 Å². The van der Waals surface area contributed by atoms with E-state index in [0.29, 0.717) is 11.2 Å². The maximum atomic E-state index is 9.37. The molecule has 0 saturated carbocycles. The minimum absolute atomic E-state index is 0.409. The fourth-order valence-corrected chi connectivity index (χ4v) is 3.19. The molecule has 0 aromatic heterocycles. The lowest BCUT2D eigenvalue weighted by atomic mass is 9.79. The van der Waals surface area contributed by atoms with Crippen LogP contribution in [0.3, 0.4) is 0 Å². The van der Waals surface area contributed by atoms with Gasteiger partial charge in [0, 0.05) is 17.0 Å². The molecule has 0 aliphatic carbocycles. The van der Waals surface area contributed by atoms with E-state index in [1.807, 2.05) is 12.1 Å². The van der Waals surface area contributed by atoms with E-state index in [2.05, 4.69) is 25.1 Å². The summed E-state index contributed by atoms with van der Waals surface area (Å²) in [6, 6.07) is 13.9. The third-order valence-corrected chi connectivity index (χ3v) is 4.41. The summed E-state index contributed by atoms with van der Waals surface area (Å²) in [4.78, 5) is 0. The zero-order chi connectivity index (χ0) is 15.2. The molecule has 3 nitrogen and oxygen atoms in total. The average Bonchev–Trinajstić information content (AvgIpc) is 2.49. The highest BCUT2D eigenvalue weighted by Crippen LogP contribution is 2.21. The molecule has 0 heterocycles. The Hall–Kier alpha value is -1.43. The first-order valence-corrected chi connectivity index (χ1v) is 7.92. The zero-order valence-electron chi connectivity index (χ0n) is 12.2. The Morgan fingerprint density at radius 1 is 1.10 bits per heavy atom. The smallest absolute Gasteiger partial charge is 0.492 e. The SMILES string of the molecule is COc1ccc(CSCc2ccccc2C)cc1B(O)O. The van der Waals surface area contributed by atoms with E-state index in [-0.39, 0.29) is 0 Å². The van der Waals surface area contributed by atoms with E-state index in [1.54, 1.807) is 23.9 Å². The van der Waals surface area contributed by atoms with E-state index in [9.17, 15) is 10.0 Å². The van der Waals surface area contributed by atoms with Crippen LogP contribution >= 0.6 is 11.8 Å². The van der Waals surface area contributed by atoms with Crippen molar-refractivity contribution in [2.75, 3.05) is 7.11 Å². The van der Waals surface area contributed by atoms with Gasteiger partial charge in [0.15, 0.2) is 0 Å². The van der Waals surface area contributed by atoms with Crippen LogP contribution in [0.25, 0.3) is 0 Å². The molecule has 0 unspecified atom stereocenters. The number of methoxy groups -OCH3 is 1. The van der Waals surface area contributed by atoms with Crippen molar-refractivity contribution in [2.24, 2.45) is 0 Å². The summed E-state index contributed by atoms with van der Waals surface area (Å²) >= 11 is 1.80. The van der Waals surface area contributed by atoms with Gasteiger partial charge in [0.2, 0.25) is 0 Å². The van der Waals surface area contributed by atoms with Crippen LogP contribution in [0.4, 0.5) is 0 Å². The summed E-state index contributed by atoms with van der Waals surface area (Å²) in [6.45, 7) is 2.11. The average molecular weight is 302 g/mol. The lowest BCUT2D eigenvalue weighted by Gasteiger charge is -2.10. The summed E-state index contributed by atoms with van der Waals surface area (Å²) in [5, 5.41) is 18.7. The van der Waals surface area contributed by atoms with Gasteiger partial charge in [-0.25, -0.2) is 0 Å². The molecule has 0 aliphatic rings. The fraction of sp³-hybridized carbons (Fsp3) is 0.250. The van der Waals surface area contributed by atoms with Crippen molar-refractivity contribution in [2.45, 2.75) is 18.4 Å². The summed E-state index contributed by atoms with van der Waals surface area (Å²) in [6.07, 6.45) is 0. The molecule has 2 aromatic carbocycles. The van der Waals surface area contributed by atoms with Crippen LogP contribution in [0, 0.1) is 6.92 Å². The van der Waals surface area contributed by atoms with E-state index in [4.69, 9.17) is 4.74 Å². The van der Waals surface area contributed by atoms with Gasteiger partial charge < -0.3 is 14.8 Å². The molecule has 0 radical (unpaired) electrons. The van der Waals surface area contributed by atoms with E-state index in [1.165, 1.54) is 18.2 Å². The highest BCUT2D eigenvalue weighted by atomic mass is 32.2. The van der Waals surface area contributed by atoms with Gasteiger partial charge in [-0.3, -0.25) is 0 Å². The Balaban J connectivity index is 2.00. The van der Waals surface area contributed by atoms with Crippen molar-refractivity contribution < 1.29 is 14.8 Å². The zero-order valence-corrected chi connectivity index (χ0v) is 13.1. The minimum atomic E-state index is -1.51. The maximum absolute atomic E-state index is 9.37. The first-order chi connectivity index (χ1) is 10.1. The third kappa shape index (κ3) is 4.27. The van der Waals surface area contributed by atoms with Crippen molar-refractivity contribution >= 4 is 24.3 Å². The molecule has 2 aromatic rings. The Bertz CT molecular complexity index is 602. The van der Waals surface area contributed by atoms with Crippen molar-refractivity contribution in [3.05, 3.63) is 59.2 Å². The largest absolute Gasteiger partial charge is 0.497 e. The highest BCUT2D eigenvalue weighted by Gasteiger charge is 2.17. The Labute approximate surface area is 130 Å². The van der Waals surface area contributed by atoms with Crippen molar-refractivity contribution in [3.8, 4) is 5.75 Å². The van der Waals surface area contributed by atoms with Crippen LogP contribution in [-0.2, 0) is 11.5 Å². The molecule has 2 rings (SSSR count). The van der Waals surface area contributed by atoms with Gasteiger partial charge in [0.05, 0.1) is 7.11 Å². The van der Waals surface area contributed by atoms with Gasteiger partial charge in [0.1, 0.15) is 5.75 Å². The topological polar surface area (TPSA) is 49.7 Å². The quantitative estimate of drug-likeness (QED) is 0.803. The van der Waals surface area contributed by atoms with Gasteiger partial charge in [0.25, 0.3) is 0 Å². The van der Waals surface area contributed by atoms with E-state index in [0.717, 1.165) is 17.1 Å². The molecular weight excluding hydrogens is 283 g/mol. The molecule has 0 saturated heterocycles. The molecule has 110 valence electrons. The molecule has 0 amide bonds. The number of rotatable bonds is 6. The fourth-order valence-electron chi connectivity index (χ4n) is 2.13. The first kappa shape index (κ1) is 16.0. The second-order valence-corrected chi connectivity index (χ2v) is 5.85. The molecule has 2 N–H and O–H groups in total. The number of benzene rings is 2. The van der Waals surface area contributed by atoms with Crippen molar-refractivity contribution in [1.29, 1.82) is 0 Å².